The van der Waals surface area contributed by atoms with E-state index in [9.17, 15) is 0 Å². The van der Waals surface area contributed by atoms with Crippen molar-refractivity contribution in [2.45, 2.75) is 19.3 Å². The number of hydrogen-bond donors (Lipinski definition) is 1. The van der Waals surface area contributed by atoms with Crippen LogP contribution in [0.2, 0.25) is 0 Å². The standard InChI is InChI=1S/C18H23NO2/c1-14-5-3-4-6-18(14)15(13-19)11-12-21-17-9-7-16(20-2)8-10-17/h3-10,15H,11-13,19H2,1-2H3. The molecule has 112 valence electrons. The zero-order chi connectivity index (χ0) is 15.1. The minimum absolute atomic E-state index is 0.337. The molecule has 0 aliphatic carbocycles. The number of ether oxygens (including phenoxy) is 2. The SMILES string of the molecule is COc1ccc(OCCC(CN)c2ccccc2C)cc1. The predicted molar refractivity (Wildman–Crippen MR) is 86.1 cm³/mol. The van der Waals surface area contributed by atoms with Crippen molar-refractivity contribution < 1.29 is 9.47 Å². The van der Waals surface area contributed by atoms with Crippen molar-refractivity contribution in [1.29, 1.82) is 0 Å². The molecule has 0 heterocycles. The lowest BCUT2D eigenvalue weighted by Crippen LogP contribution is -2.16. The van der Waals surface area contributed by atoms with Crippen molar-refractivity contribution in [2.75, 3.05) is 20.3 Å². The molecule has 2 aromatic carbocycles. The molecule has 0 radical (unpaired) electrons. The normalized spacial score (nSPS) is 12.0. The van der Waals surface area contributed by atoms with Crippen LogP contribution in [0.3, 0.4) is 0 Å². The van der Waals surface area contributed by atoms with E-state index < -0.39 is 0 Å². The second-order valence-electron chi connectivity index (χ2n) is 5.10. The molecule has 0 saturated carbocycles. The van der Waals surface area contributed by atoms with Gasteiger partial charge in [0.25, 0.3) is 0 Å². The Kier molecular flexibility index (Phi) is 5.64. The molecule has 3 nitrogen and oxygen atoms in total. The van der Waals surface area contributed by atoms with Gasteiger partial charge in [-0.3, -0.25) is 0 Å². The van der Waals surface area contributed by atoms with E-state index >= 15 is 0 Å². The van der Waals surface area contributed by atoms with E-state index in [0.29, 0.717) is 19.1 Å². The highest BCUT2D eigenvalue weighted by atomic mass is 16.5. The Bertz CT molecular complexity index is 551. The van der Waals surface area contributed by atoms with Gasteiger partial charge in [0.15, 0.2) is 0 Å². The zero-order valence-corrected chi connectivity index (χ0v) is 12.7. The highest BCUT2D eigenvalue weighted by molar-refractivity contribution is 5.31. The first kappa shape index (κ1) is 15.4. The lowest BCUT2D eigenvalue weighted by atomic mass is 9.92. The summed E-state index contributed by atoms with van der Waals surface area (Å²) in [5.41, 5.74) is 8.53. The highest BCUT2D eigenvalue weighted by Crippen LogP contribution is 2.23. The Morgan fingerprint density at radius 1 is 1.00 bits per heavy atom. The molecular formula is C18H23NO2. The smallest absolute Gasteiger partial charge is 0.119 e. The lowest BCUT2D eigenvalue weighted by molar-refractivity contribution is 0.297. The van der Waals surface area contributed by atoms with Crippen molar-refractivity contribution in [3.63, 3.8) is 0 Å². The predicted octanol–water partition coefficient (Wildman–Crippen LogP) is 3.52. The van der Waals surface area contributed by atoms with Crippen LogP contribution in [0.25, 0.3) is 0 Å². The Labute approximate surface area is 126 Å². The first-order chi connectivity index (χ1) is 10.2. The van der Waals surface area contributed by atoms with E-state index in [0.717, 1.165) is 17.9 Å². The van der Waals surface area contributed by atoms with Crippen molar-refractivity contribution in [2.24, 2.45) is 5.73 Å². The van der Waals surface area contributed by atoms with E-state index in [1.54, 1.807) is 7.11 Å². The van der Waals surface area contributed by atoms with Crippen LogP contribution in [0.4, 0.5) is 0 Å². The summed E-state index contributed by atoms with van der Waals surface area (Å²) in [5.74, 6) is 2.03. The average Bonchev–Trinajstić information content (AvgIpc) is 2.53. The third-order valence-electron chi connectivity index (χ3n) is 3.71. The van der Waals surface area contributed by atoms with Crippen molar-refractivity contribution in [3.05, 3.63) is 59.7 Å². The van der Waals surface area contributed by atoms with Crippen LogP contribution in [-0.4, -0.2) is 20.3 Å². The second-order valence-corrected chi connectivity index (χ2v) is 5.10. The second kappa shape index (κ2) is 7.70. The lowest BCUT2D eigenvalue weighted by Gasteiger charge is -2.18. The van der Waals surface area contributed by atoms with Crippen molar-refractivity contribution in [1.82, 2.24) is 0 Å². The van der Waals surface area contributed by atoms with E-state index in [2.05, 4.69) is 31.2 Å². The fourth-order valence-corrected chi connectivity index (χ4v) is 2.44. The summed E-state index contributed by atoms with van der Waals surface area (Å²) in [7, 11) is 1.66. The van der Waals surface area contributed by atoms with Gasteiger partial charge in [-0.25, -0.2) is 0 Å². The minimum Gasteiger partial charge on any atom is -0.497 e. The van der Waals surface area contributed by atoms with Gasteiger partial charge in [-0.15, -0.1) is 0 Å². The molecule has 2 rings (SSSR count). The number of benzene rings is 2. The number of hydrogen-bond acceptors (Lipinski definition) is 3. The Morgan fingerprint density at radius 3 is 2.29 bits per heavy atom. The third-order valence-corrected chi connectivity index (χ3v) is 3.71. The van der Waals surface area contributed by atoms with Gasteiger partial charge >= 0.3 is 0 Å². The van der Waals surface area contributed by atoms with Crippen LogP contribution < -0.4 is 15.2 Å². The van der Waals surface area contributed by atoms with Gasteiger partial charge in [0, 0.05) is 0 Å². The molecule has 0 fully saturated rings. The first-order valence-corrected chi connectivity index (χ1v) is 7.27. The summed E-state index contributed by atoms with van der Waals surface area (Å²) >= 11 is 0. The first-order valence-electron chi connectivity index (χ1n) is 7.27. The van der Waals surface area contributed by atoms with Crippen molar-refractivity contribution in [3.8, 4) is 11.5 Å². The van der Waals surface area contributed by atoms with Gasteiger partial charge in [-0.2, -0.15) is 0 Å². The van der Waals surface area contributed by atoms with Gasteiger partial charge in [-0.1, -0.05) is 24.3 Å². The Morgan fingerprint density at radius 2 is 1.67 bits per heavy atom. The minimum atomic E-state index is 0.337. The van der Waals surface area contributed by atoms with Crippen molar-refractivity contribution >= 4 is 0 Å². The summed E-state index contributed by atoms with van der Waals surface area (Å²) in [6, 6.07) is 16.0. The molecule has 1 atom stereocenters. The Hall–Kier alpha value is -2.00. The molecule has 2 aromatic rings. The fourth-order valence-electron chi connectivity index (χ4n) is 2.44. The maximum absolute atomic E-state index is 5.92. The number of rotatable bonds is 7. The van der Waals surface area contributed by atoms with Crippen LogP contribution in [0.15, 0.2) is 48.5 Å². The summed E-state index contributed by atoms with van der Waals surface area (Å²) in [6.07, 6.45) is 0.910. The van der Waals surface area contributed by atoms with Crippen LogP contribution in [0, 0.1) is 6.92 Å². The summed E-state index contributed by atoms with van der Waals surface area (Å²) in [4.78, 5) is 0. The van der Waals surface area contributed by atoms with Gasteiger partial charge in [0.2, 0.25) is 0 Å². The quantitative estimate of drug-likeness (QED) is 0.846. The molecular weight excluding hydrogens is 262 g/mol. The van der Waals surface area contributed by atoms with Gasteiger partial charge < -0.3 is 15.2 Å². The number of nitrogens with two attached hydrogens (primary N) is 1. The molecule has 0 bridgehead atoms. The monoisotopic (exact) mass is 285 g/mol. The molecule has 2 N–H and O–H groups in total. The van der Waals surface area contributed by atoms with E-state index in [-0.39, 0.29) is 0 Å². The topological polar surface area (TPSA) is 44.5 Å². The van der Waals surface area contributed by atoms with Gasteiger partial charge in [0.1, 0.15) is 11.5 Å². The van der Waals surface area contributed by atoms with Crippen LogP contribution in [0.1, 0.15) is 23.5 Å². The molecule has 0 saturated heterocycles. The fraction of sp³-hybridized carbons (Fsp3) is 0.333. The van der Waals surface area contributed by atoms with E-state index in [4.69, 9.17) is 15.2 Å². The Balaban J connectivity index is 1.90. The molecule has 0 aliphatic heterocycles. The van der Waals surface area contributed by atoms with Crippen LogP contribution in [-0.2, 0) is 0 Å². The summed E-state index contributed by atoms with van der Waals surface area (Å²) in [5, 5.41) is 0. The maximum atomic E-state index is 5.92. The molecule has 0 amide bonds. The zero-order valence-electron chi connectivity index (χ0n) is 12.7. The molecule has 0 aromatic heterocycles. The van der Waals surface area contributed by atoms with E-state index in [1.165, 1.54) is 11.1 Å². The van der Waals surface area contributed by atoms with Gasteiger partial charge in [0.05, 0.1) is 13.7 Å². The molecule has 0 aliphatic rings. The molecule has 1 unspecified atom stereocenters. The van der Waals surface area contributed by atoms with Gasteiger partial charge in [-0.05, 0) is 61.2 Å². The number of aryl methyl sites for hydroxylation is 1. The highest BCUT2D eigenvalue weighted by Gasteiger charge is 2.11. The van der Waals surface area contributed by atoms with E-state index in [1.807, 2.05) is 24.3 Å². The third kappa shape index (κ3) is 4.23. The molecule has 0 spiro atoms. The molecule has 3 heteroatoms. The van der Waals surface area contributed by atoms with Crippen LogP contribution >= 0.6 is 0 Å². The van der Waals surface area contributed by atoms with Crippen LogP contribution in [0.5, 0.6) is 11.5 Å². The average molecular weight is 285 g/mol. The molecule has 21 heavy (non-hydrogen) atoms. The summed E-state index contributed by atoms with van der Waals surface area (Å²) < 4.78 is 10.9. The summed E-state index contributed by atoms with van der Waals surface area (Å²) in [6.45, 7) is 3.42. The largest absolute Gasteiger partial charge is 0.497 e. The number of methoxy groups -OCH3 is 1. The maximum Gasteiger partial charge on any atom is 0.119 e.